The highest BCUT2D eigenvalue weighted by Crippen LogP contribution is 2.33. The van der Waals surface area contributed by atoms with Crippen LogP contribution in [-0.4, -0.2) is 47.5 Å². The van der Waals surface area contributed by atoms with Crippen LogP contribution in [0.3, 0.4) is 0 Å². The molecule has 11 aromatic rings. The summed E-state index contributed by atoms with van der Waals surface area (Å²) in [5.74, 6) is -2.64. The van der Waals surface area contributed by atoms with Gasteiger partial charge in [0.1, 0.15) is 0 Å². The van der Waals surface area contributed by atoms with Gasteiger partial charge in [0, 0.05) is 27.1 Å². The van der Waals surface area contributed by atoms with Gasteiger partial charge in [0.25, 0.3) is 23.6 Å². The van der Waals surface area contributed by atoms with Crippen LogP contribution in [0.15, 0.2) is 230 Å². The highest BCUT2D eigenvalue weighted by Gasteiger charge is 2.12. The molecule has 16 nitrogen and oxygen atoms in total. The van der Waals surface area contributed by atoms with Crippen molar-refractivity contribution in [1.29, 1.82) is 0 Å². The molecule has 0 aliphatic carbocycles. The van der Waals surface area contributed by atoms with Crippen LogP contribution < -0.4 is 45.9 Å². The predicted octanol–water partition coefficient (Wildman–Crippen LogP) is 10.4. The van der Waals surface area contributed by atoms with E-state index in [1.165, 1.54) is 16.0 Å². The van der Waals surface area contributed by atoms with Gasteiger partial charge in [-0.25, -0.2) is 0 Å². The van der Waals surface area contributed by atoms with Gasteiger partial charge < -0.3 is 45.9 Å². The minimum Gasteiger partial charge on any atom is -0.370 e. The van der Waals surface area contributed by atoms with Crippen molar-refractivity contribution in [2.24, 2.45) is 65.8 Å². The van der Waals surface area contributed by atoms with E-state index in [1.807, 2.05) is 109 Å². The van der Waals surface area contributed by atoms with E-state index < -0.39 is 23.6 Å². The average Bonchev–Trinajstić information content (AvgIpc) is 4.26. The Balaban J connectivity index is 0.000000142. The van der Waals surface area contributed by atoms with Gasteiger partial charge in [-0.15, -0.1) is 11.3 Å². The smallest absolute Gasteiger partial charge is 0.280 e. The third-order valence-electron chi connectivity index (χ3n) is 12.2. The summed E-state index contributed by atoms with van der Waals surface area (Å²) >= 11 is 3.36. The molecule has 9 aromatic carbocycles. The SMILES string of the molecule is Cc1ccc2cc(C(=O)N=C(N)N)ccc2c1.NC(N)=NC(=O)c1ccc2c(-c3ccccc3)cccc2c1.NC(N)=NC(=O)c1ccc2c(-c3cccs3)cccc2c1.NC(N)=NC(=O)c1ccc2cc(-c3ccsc3)ccc2c1. The molecule has 11 rings (SSSR count). The number of fused-ring (bicyclic) bond motifs is 4. The van der Waals surface area contributed by atoms with Crippen molar-refractivity contribution < 1.29 is 19.2 Å². The lowest BCUT2D eigenvalue weighted by atomic mass is 9.97. The molecule has 0 saturated heterocycles. The number of thiophene rings is 2. The van der Waals surface area contributed by atoms with E-state index in [0.717, 1.165) is 65.3 Å². The summed E-state index contributed by atoms with van der Waals surface area (Å²) in [5, 5.41) is 14.5. The Bertz CT molecular complexity index is 4240. The highest BCUT2D eigenvalue weighted by atomic mass is 32.1. The standard InChI is InChI=1S/C18H15N3O.2C16H13N3OS.C13H13N3O/c19-18(20)21-17(22)14-9-10-16-13(11-14)7-4-8-15(16)12-5-2-1-3-6-12;17-16(18)19-15(20)11-6-7-12-10(9-11)3-1-4-13(12)14-5-2-8-21-14;17-16(18)19-15(20)13-4-3-10-7-12(2-1-11(10)8-13)14-5-6-21-9-14;1-8-2-3-10-7-11(5-4-9(10)6-8)12(17)16-13(14)15/h1-11H,(H4,19,20,21,22);2*1-9H,(H4,17,18,19,20);2-7H,1H3,(H4,14,15,16,17). The zero-order valence-corrected chi connectivity index (χ0v) is 45.2. The zero-order chi connectivity index (χ0) is 57.6. The predicted molar refractivity (Wildman–Crippen MR) is 333 cm³/mol. The number of nitrogens with two attached hydrogens (primary N) is 8. The van der Waals surface area contributed by atoms with Crippen molar-refractivity contribution in [3.8, 4) is 32.7 Å². The van der Waals surface area contributed by atoms with Crippen molar-refractivity contribution in [2.75, 3.05) is 0 Å². The quantitative estimate of drug-likeness (QED) is 0.0546. The van der Waals surface area contributed by atoms with Crippen molar-refractivity contribution in [1.82, 2.24) is 0 Å². The van der Waals surface area contributed by atoms with Crippen LogP contribution in [0.2, 0.25) is 0 Å². The number of hydrogen-bond acceptors (Lipinski definition) is 6. The number of carbonyl (C=O) groups excluding carboxylic acids is 4. The third kappa shape index (κ3) is 14.8. The molecular weight excluding hydrogens is 1050 g/mol. The van der Waals surface area contributed by atoms with Gasteiger partial charge in [0.2, 0.25) is 0 Å². The molecule has 2 aromatic heterocycles. The molecule has 0 saturated carbocycles. The Hall–Kier alpha value is -10.8. The maximum Gasteiger partial charge on any atom is 0.280 e. The molecule has 0 unspecified atom stereocenters. The van der Waals surface area contributed by atoms with Crippen LogP contribution in [-0.2, 0) is 0 Å². The maximum atomic E-state index is 11.9. The molecule has 81 heavy (non-hydrogen) atoms. The van der Waals surface area contributed by atoms with E-state index in [-0.39, 0.29) is 23.8 Å². The molecule has 0 aliphatic rings. The molecule has 2 heterocycles. The van der Waals surface area contributed by atoms with Gasteiger partial charge in [0.15, 0.2) is 23.8 Å². The number of amides is 4. The summed E-state index contributed by atoms with van der Waals surface area (Å²) in [6.07, 6.45) is 0. The van der Waals surface area contributed by atoms with Crippen LogP contribution in [0.1, 0.15) is 47.0 Å². The van der Waals surface area contributed by atoms with E-state index >= 15 is 0 Å². The molecule has 0 atom stereocenters. The van der Waals surface area contributed by atoms with Gasteiger partial charge in [-0.2, -0.15) is 31.3 Å². The van der Waals surface area contributed by atoms with Crippen LogP contribution in [0.4, 0.5) is 0 Å². The Morgan fingerprint density at radius 3 is 1.27 bits per heavy atom. The topological polar surface area (TPSA) is 326 Å². The van der Waals surface area contributed by atoms with Crippen LogP contribution in [0.25, 0.3) is 75.8 Å². The summed E-state index contributed by atoms with van der Waals surface area (Å²) in [6.45, 7) is 2.03. The number of hydrogen-bond donors (Lipinski definition) is 8. The maximum absolute atomic E-state index is 11.9. The van der Waals surface area contributed by atoms with Gasteiger partial charge in [-0.1, -0.05) is 133 Å². The normalized spacial score (nSPS) is 10.4. The Labute approximate surface area is 473 Å². The Morgan fingerprint density at radius 2 is 0.790 bits per heavy atom. The zero-order valence-electron chi connectivity index (χ0n) is 43.6. The van der Waals surface area contributed by atoms with Gasteiger partial charge in [-0.3, -0.25) is 19.2 Å². The van der Waals surface area contributed by atoms with Crippen molar-refractivity contribution in [3.63, 3.8) is 0 Å². The van der Waals surface area contributed by atoms with Crippen molar-refractivity contribution >= 4 is 113 Å². The summed E-state index contributed by atoms with van der Waals surface area (Å²) in [6, 6.07) is 62.3. The van der Waals surface area contributed by atoms with Gasteiger partial charge in [0.05, 0.1) is 0 Å². The van der Waals surface area contributed by atoms with Crippen LogP contribution >= 0.6 is 22.7 Å². The van der Waals surface area contributed by atoms with E-state index in [0.29, 0.717) is 22.3 Å². The number of aliphatic imine (C=N–C) groups is 4. The molecule has 0 bridgehead atoms. The second-order valence-corrected chi connectivity index (χ2v) is 19.8. The van der Waals surface area contributed by atoms with E-state index in [2.05, 4.69) is 79.3 Å². The lowest BCUT2D eigenvalue weighted by Gasteiger charge is -2.08. The number of carbonyl (C=O) groups is 4. The van der Waals surface area contributed by atoms with Gasteiger partial charge >= 0.3 is 0 Å². The number of guanidine groups is 4. The average molecular weight is 1110 g/mol. The van der Waals surface area contributed by atoms with Gasteiger partial charge in [-0.05, 0) is 161 Å². The van der Waals surface area contributed by atoms with E-state index in [1.54, 1.807) is 71.2 Å². The first-order chi connectivity index (χ1) is 39.0. The minimum absolute atomic E-state index is 0.223. The largest absolute Gasteiger partial charge is 0.370 e. The van der Waals surface area contributed by atoms with Crippen LogP contribution in [0, 0.1) is 6.92 Å². The summed E-state index contributed by atoms with van der Waals surface area (Å²) in [7, 11) is 0. The first-order valence-electron chi connectivity index (χ1n) is 24.8. The fraction of sp³-hybridized carbons (Fsp3) is 0.0159. The Morgan fingerprint density at radius 1 is 0.346 bits per heavy atom. The second-order valence-electron chi connectivity index (χ2n) is 18.0. The molecular formula is C63H54N12O4S2. The van der Waals surface area contributed by atoms with Crippen molar-refractivity contribution in [2.45, 2.75) is 6.92 Å². The number of rotatable bonds is 7. The Kier molecular flexibility index (Phi) is 18.1. The lowest BCUT2D eigenvalue weighted by Crippen LogP contribution is -2.24. The summed E-state index contributed by atoms with van der Waals surface area (Å²) < 4.78 is 0. The number of benzene rings is 9. The van der Waals surface area contributed by atoms with Crippen molar-refractivity contribution in [3.05, 3.63) is 238 Å². The minimum atomic E-state index is -0.438. The van der Waals surface area contributed by atoms with E-state index in [4.69, 9.17) is 45.9 Å². The number of aryl methyl sites for hydroxylation is 1. The second kappa shape index (κ2) is 26.0. The molecule has 402 valence electrons. The fourth-order valence-corrected chi connectivity index (χ4v) is 9.99. The summed E-state index contributed by atoms with van der Waals surface area (Å²) in [5.41, 5.74) is 50.6. The van der Waals surface area contributed by atoms with Crippen LogP contribution in [0.5, 0.6) is 0 Å². The monoisotopic (exact) mass is 1110 g/mol. The highest BCUT2D eigenvalue weighted by molar-refractivity contribution is 7.13. The molecule has 16 N–H and O–H groups in total. The fourth-order valence-electron chi connectivity index (χ4n) is 8.56. The first-order valence-corrected chi connectivity index (χ1v) is 26.6. The summed E-state index contributed by atoms with van der Waals surface area (Å²) in [4.78, 5) is 62.6. The first kappa shape index (κ1) is 56.4. The molecule has 4 amide bonds. The third-order valence-corrected chi connectivity index (χ3v) is 13.8. The molecule has 0 spiro atoms. The van der Waals surface area contributed by atoms with E-state index in [9.17, 15) is 19.2 Å². The molecule has 0 aliphatic heterocycles. The lowest BCUT2D eigenvalue weighted by molar-refractivity contribution is 0.0994. The number of nitrogens with zero attached hydrogens (tertiary/aromatic N) is 4. The molecule has 18 heteroatoms. The molecule has 0 radical (unpaired) electrons. The molecule has 0 fully saturated rings.